The van der Waals surface area contributed by atoms with E-state index in [0.29, 0.717) is 19.0 Å². The molecule has 0 saturated carbocycles. The number of hydrogen-bond donors (Lipinski definition) is 3. The number of nitrogens with one attached hydrogen (secondary N) is 3. The molecule has 2 aromatic heterocycles. The van der Waals surface area contributed by atoms with E-state index in [1.165, 1.54) is 4.88 Å². The number of anilines is 1. The van der Waals surface area contributed by atoms with Gasteiger partial charge in [0.1, 0.15) is 5.82 Å². The Bertz CT molecular complexity index is 848. The Hall–Kier alpha value is -2.60. The molecule has 2 amide bonds. The fourth-order valence-corrected chi connectivity index (χ4v) is 3.71. The lowest BCUT2D eigenvalue weighted by atomic mass is 10.0. The number of para-hydroxylation sites is 1. The van der Waals surface area contributed by atoms with E-state index in [9.17, 15) is 4.79 Å². The van der Waals surface area contributed by atoms with E-state index in [-0.39, 0.29) is 12.1 Å². The fourth-order valence-electron chi connectivity index (χ4n) is 2.76. The number of rotatable bonds is 7. The molecule has 0 aliphatic rings. The molecular formula is C20H24N4OS. The number of hydrogen-bond acceptors (Lipinski definition) is 4. The first-order valence-corrected chi connectivity index (χ1v) is 9.69. The molecular weight excluding hydrogens is 344 g/mol. The number of carbonyl (C=O) groups excluding carboxylic acids is 1. The van der Waals surface area contributed by atoms with Crippen molar-refractivity contribution in [3.05, 3.63) is 58.8 Å². The van der Waals surface area contributed by atoms with Crippen LogP contribution >= 0.6 is 11.3 Å². The highest BCUT2D eigenvalue weighted by molar-refractivity contribution is 7.10. The summed E-state index contributed by atoms with van der Waals surface area (Å²) >= 11 is 1.66. The van der Waals surface area contributed by atoms with E-state index in [4.69, 9.17) is 0 Å². The molecule has 5 nitrogen and oxygen atoms in total. The number of nitrogens with zero attached hydrogens (tertiary/aromatic N) is 1. The van der Waals surface area contributed by atoms with Crippen LogP contribution in [0.3, 0.4) is 0 Å². The number of pyridine rings is 1. The van der Waals surface area contributed by atoms with Gasteiger partial charge in [0.25, 0.3) is 0 Å². The maximum absolute atomic E-state index is 12.2. The maximum atomic E-state index is 12.2. The van der Waals surface area contributed by atoms with Crippen LogP contribution in [0.25, 0.3) is 10.9 Å². The smallest absolute Gasteiger partial charge is 0.315 e. The van der Waals surface area contributed by atoms with Crippen molar-refractivity contribution in [1.29, 1.82) is 0 Å². The van der Waals surface area contributed by atoms with Crippen molar-refractivity contribution in [3.8, 4) is 0 Å². The van der Waals surface area contributed by atoms with Crippen LogP contribution in [0.2, 0.25) is 0 Å². The summed E-state index contributed by atoms with van der Waals surface area (Å²) in [5.41, 5.74) is 0.957. The summed E-state index contributed by atoms with van der Waals surface area (Å²) in [4.78, 5) is 17.9. The first-order chi connectivity index (χ1) is 12.6. The van der Waals surface area contributed by atoms with Gasteiger partial charge in [-0.3, -0.25) is 0 Å². The summed E-state index contributed by atoms with van der Waals surface area (Å²) in [5.74, 6) is 1.14. The Labute approximate surface area is 157 Å². The topological polar surface area (TPSA) is 66.1 Å². The van der Waals surface area contributed by atoms with Gasteiger partial charge in [-0.15, -0.1) is 11.3 Å². The molecule has 1 atom stereocenters. The molecule has 3 aromatic rings. The lowest BCUT2D eigenvalue weighted by Gasteiger charge is -2.21. The highest BCUT2D eigenvalue weighted by Crippen LogP contribution is 2.25. The van der Waals surface area contributed by atoms with Crippen LogP contribution in [0.4, 0.5) is 10.6 Å². The Morgan fingerprint density at radius 1 is 1.08 bits per heavy atom. The van der Waals surface area contributed by atoms with Crippen molar-refractivity contribution in [1.82, 2.24) is 15.6 Å². The van der Waals surface area contributed by atoms with Crippen LogP contribution < -0.4 is 16.0 Å². The first-order valence-electron chi connectivity index (χ1n) is 8.81. The normalized spacial score (nSPS) is 12.1. The van der Waals surface area contributed by atoms with Crippen molar-refractivity contribution in [3.63, 3.8) is 0 Å². The molecule has 0 spiro atoms. The van der Waals surface area contributed by atoms with Crippen molar-refractivity contribution in [2.45, 2.75) is 19.9 Å². The number of fused-ring (bicyclic) bond motifs is 1. The van der Waals surface area contributed by atoms with E-state index >= 15 is 0 Å². The van der Waals surface area contributed by atoms with Crippen molar-refractivity contribution in [2.24, 2.45) is 5.92 Å². The molecule has 136 valence electrons. The highest BCUT2D eigenvalue weighted by Gasteiger charge is 2.18. The van der Waals surface area contributed by atoms with Crippen LogP contribution in [0.1, 0.15) is 24.8 Å². The summed E-state index contributed by atoms with van der Waals surface area (Å²) in [6.07, 6.45) is 0. The predicted molar refractivity (Wildman–Crippen MR) is 109 cm³/mol. The molecule has 6 heteroatoms. The van der Waals surface area contributed by atoms with E-state index < -0.39 is 0 Å². The number of amides is 2. The number of urea groups is 1. The second kappa shape index (κ2) is 8.67. The lowest BCUT2D eigenvalue weighted by Crippen LogP contribution is -2.41. The molecule has 0 aliphatic heterocycles. The average Bonchev–Trinajstić information content (AvgIpc) is 3.17. The summed E-state index contributed by atoms with van der Waals surface area (Å²) < 4.78 is 0. The van der Waals surface area contributed by atoms with E-state index in [1.54, 1.807) is 11.3 Å². The summed E-state index contributed by atoms with van der Waals surface area (Å²) in [6, 6.07) is 15.9. The SMILES string of the molecule is CC(C)C(NC(=O)NCCNc1ccc2ccccc2n1)c1cccs1. The highest BCUT2D eigenvalue weighted by atomic mass is 32.1. The quantitative estimate of drug-likeness (QED) is 0.541. The summed E-state index contributed by atoms with van der Waals surface area (Å²) in [5, 5.41) is 12.4. The number of carbonyl (C=O) groups is 1. The molecule has 0 saturated heterocycles. The molecule has 3 rings (SSSR count). The standard InChI is InChI=1S/C20H24N4OS/c1-14(2)19(17-8-5-13-26-17)24-20(25)22-12-11-21-18-10-9-15-6-3-4-7-16(15)23-18/h3-10,13-14,19H,11-12H2,1-2H3,(H,21,23)(H2,22,24,25). The number of aromatic nitrogens is 1. The molecule has 3 N–H and O–H groups in total. The molecule has 0 radical (unpaired) electrons. The third-order valence-corrected chi connectivity index (χ3v) is 5.07. The summed E-state index contributed by atoms with van der Waals surface area (Å²) in [7, 11) is 0. The van der Waals surface area contributed by atoms with Gasteiger partial charge in [-0.05, 0) is 35.6 Å². The van der Waals surface area contributed by atoms with E-state index in [2.05, 4.69) is 40.8 Å². The van der Waals surface area contributed by atoms with Crippen molar-refractivity contribution in [2.75, 3.05) is 18.4 Å². The number of thiophene rings is 1. The summed E-state index contributed by atoms with van der Waals surface area (Å²) in [6.45, 7) is 5.36. The van der Waals surface area contributed by atoms with Gasteiger partial charge in [0.2, 0.25) is 0 Å². The van der Waals surface area contributed by atoms with Gasteiger partial charge in [-0.1, -0.05) is 38.1 Å². The Balaban J connectivity index is 1.45. The van der Waals surface area contributed by atoms with Crippen LogP contribution in [0.5, 0.6) is 0 Å². The zero-order valence-corrected chi connectivity index (χ0v) is 15.8. The van der Waals surface area contributed by atoms with Gasteiger partial charge < -0.3 is 16.0 Å². The van der Waals surface area contributed by atoms with Crippen LogP contribution in [0.15, 0.2) is 53.9 Å². The molecule has 26 heavy (non-hydrogen) atoms. The minimum absolute atomic E-state index is 0.0325. The Morgan fingerprint density at radius 3 is 2.69 bits per heavy atom. The zero-order valence-electron chi connectivity index (χ0n) is 15.0. The Morgan fingerprint density at radius 2 is 1.92 bits per heavy atom. The van der Waals surface area contributed by atoms with E-state index in [0.717, 1.165) is 16.7 Å². The second-order valence-electron chi connectivity index (χ2n) is 6.45. The van der Waals surface area contributed by atoms with Gasteiger partial charge in [0.15, 0.2) is 0 Å². The predicted octanol–water partition coefficient (Wildman–Crippen LogP) is 4.40. The van der Waals surface area contributed by atoms with Gasteiger partial charge >= 0.3 is 6.03 Å². The van der Waals surface area contributed by atoms with Crippen LogP contribution in [0, 0.1) is 5.92 Å². The molecule has 2 heterocycles. The van der Waals surface area contributed by atoms with E-state index in [1.807, 2.05) is 47.8 Å². The molecule has 0 bridgehead atoms. The lowest BCUT2D eigenvalue weighted by molar-refractivity contribution is 0.234. The van der Waals surface area contributed by atoms with Crippen LogP contribution in [-0.4, -0.2) is 24.1 Å². The van der Waals surface area contributed by atoms with Gasteiger partial charge in [0, 0.05) is 23.4 Å². The molecule has 1 unspecified atom stereocenters. The minimum Gasteiger partial charge on any atom is -0.368 e. The largest absolute Gasteiger partial charge is 0.368 e. The average molecular weight is 369 g/mol. The first kappa shape index (κ1) is 18.2. The van der Waals surface area contributed by atoms with Gasteiger partial charge in [-0.25, -0.2) is 9.78 Å². The minimum atomic E-state index is -0.148. The molecule has 1 aromatic carbocycles. The van der Waals surface area contributed by atoms with Crippen LogP contribution in [-0.2, 0) is 0 Å². The fraction of sp³-hybridized carbons (Fsp3) is 0.300. The third-order valence-electron chi connectivity index (χ3n) is 4.12. The third kappa shape index (κ3) is 4.73. The number of benzene rings is 1. The van der Waals surface area contributed by atoms with Gasteiger partial charge in [-0.2, -0.15) is 0 Å². The molecule has 0 fully saturated rings. The van der Waals surface area contributed by atoms with Crippen molar-refractivity contribution >= 4 is 34.1 Å². The molecule has 0 aliphatic carbocycles. The Kier molecular flexibility index (Phi) is 6.07. The zero-order chi connectivity index (χ0) is 18.4. The van der Waals surface area contributed by atoms with Crippen molar-refractivity contribution < 1.29 is 4.79 Å². The van der Waals surface area contributed by atoms with Gasteiger partial charge in [0.05, 0.1) is 11.6 Å². The second-order valence-corrected chi connectivity index (χ2v) is 7.43. The monoisotopic (exact) mass is 368 g/mol. The maximum Gasteiger partial charge on any atom is 0.315 e.